The van der Waals surface area contributed by atoms with Crippen molar-refractivity contribution in [2.24, 2.45) is 0 Å². The molecule has 0 aromatic heterocycles. The fraction of sp³-hybridized carbons (Fsp3) is 0.462. The molecule has 19 heavy (non-hydrogen) atoms. The van der Waals surface area contributed by atoms with Crippen molar-refractivity contribution in [3.05, 3.63) is 29.0 Å². The summed E-state index contributed by atoms with van der Waals surface area (Å²) in [4.78, 5) is 13.7. The van der Waals surface area contributed by atoms with Crippen molar-refractivity contribution in [1.29, 1.82) is 0 Å². The van der Waals surface area contributed by atoms with Gasteiger partial charge >= 0.3 is 0 Å². The number of likely N-dealkylation sites (tertiary alicyclic amines) is 1. The molecule has 1 amide bonds. The van der Waals surface area contributed by atoms with Gasteiger partial charge in [-0.25, -0.2) is 4.39 Å². The highest BCUT2D eigenvalue weighted by Crippen LogP contribution is 2.22. The third kappa shape index (κ3) is 4.16. The lowest BCUT2D eigenvalue weighted by Crippen LogP contribution is -2.42. The van der Waals surface area contributed by atoms with Crippen LogP contribution in [0.3, 0.4) is 0 Å². The zero-order chi connectivity index (χ0) is 13.8. The first-order valence-corrected chi connectivity index (χ1v) is 6.58. The number of hydrogen-bond acceptors (Lipinski definition) is 3. The average molecular weight is 287 g/mol. The highest BCUT2D eigenvalue weighted by Gasteiger charge is 2.19. The van der Waals surface area contributed by atoms with Crippen LogP contribution in [-0.4, -0.2) is 41.7 Å². The van der Waals surface area contributed by atoms with Gasteiger partial charge in [-0.3, -0.25) is 9.69 Å². The van der Waals surface area contributed by atoms with E-state index in [1.54, 1.807) is 0 Å². The summed E-state index contributed by atoms with van der Waals surface area (Å²) in [6.07, 6.45) is 1.30. The van der Waals surface area contributed by atoms with Gasteiger partial charge in [0.05, 0.1) is 23.4 Å². The molecule has 6 heteroatoms. The van der Waals surface area contributed by atoms with Crippen LogP contribution in [-0.2, 0) is 4.79 Å². The Bertz CT molecular complexity index is 470. The molecule has 104 valence electrons. The van der Waals surface area contributed by atoms with E-state index in [4.69, 9.17) is 11.6 Å². The number of halogens is 2. The van der Waals surface area contributed by atoms with Crippen molar-refractivity contribution in [3.8, 4) is 0 Å². The molecule has 1 fully saturated rings. The molecular formula is C13H16ClFN2O2. The Balaban J connectivity index is 1.90. The molecule has 1 heterocycles. The summed E-state index contributed by atoms with van der Waals surface area (Å²) in [6, 6.07) is 3.83. The number of nitrogens with one attached hydrogen (secondary N) is 1. The van der Waals surface area contributed by atoms with Gasteiger partial charge in [-0.15, -0.1) is 0 Å². The van der Waals surface area contributed by atoms with Gasteiger partial charge in [0.25, 0.3) is 0 Å². The lowest BCUT2D eigenvalue weighted by Gasteiger charge is -2.29. The molecule has 1 aromatic rings. The average Bonchev–Trinajstić information content (AvgIpc) is 2.33. The Hall–Kier alpha value is -1.17. The van der Waals surface area contributed by atoms with Crippen molar-refractivity contribution in [3.63, 3.8) is 0 Å². The number of anilines is 1. The molecule has 0 unspecified atom stereocenters. The molecule has 0 radical (unpaired) electrons. The molecule has 0 spiro atoms. The quantitative estimate of drug-likeness (QED) is 0.892. The van der Waals surface area contributed by atoms with Crippen molar-refractivity contribution in [1.82, 2.24) is 4.90 Å². The van der Waals surface area contributed by atoms with Crippen molar-refractivity contribution >= 4 is 23.2 Å². The van der Waals surface area contributed by atoms with Gasteiger partial charge in [-0.1, -0.05) is 11.6 Å². The first-order chi connectivity index (χ1) is 9.04. The zero-order valence-corrected chi connectivity index (χ0v) is 11.2. The molecule has 0 aliphatic carbocycles. The number of hydrogen-bond donors (Lipinski definition) is 2. The number of nitrogens with zero attached hydrogens (tertiary/aromatic N) is 1. The van der Waals surface area contributed by atoms with Crippen LogP contribution < -0.4 is 5.32 Å². The molecule has 1 atom stereocenters. The third-order valence-corrected chi connectivity index (χ3v) is 3.37. The molecule has 2 N–H and O–H groups in total. The Morgan fingerprint density at radius 3 is 3.05 bits per heavy atom. The fourth-order valence-electron chi connectivity index (χ4n) is 2.16. The van der Waals surface area contributed by atoms with Crippen molar-refractivity contribution in [2.75, 3.05) is 25.0 Å². The molecule has 1 aliphatic heterocycles. The maximum atomic E-state index is 12.9. The summed E-state index contributed by atoms with van der Waals surface area (Å²) in [5.74, 6) is -0.662. The second-order valence-electron chi connectivity index (χ2n) is 4.70. The summed E-state index contributed by atoms with van der Waals surface area (Å²) >= 11 is 5.83. The fourth-order valence-corrected chi connectivity index (χ4v) is 2.37. The van der Waals surface area contributed by atoms with E-state index in [0.29, 0.717) is 12.2 Å². The highest BCUT2D eigenvalue weighted by atomic mass is 35.5. The summed E-state index contributed by atoms with van der Waals surface area (Å²) < 4.78 is 12.9. The molecule has 4 nitrogen and oxygen atoms in total. The van der Waals surface area contributed by atoms with Crippen LogP contribution in [0.2, 0.25) is 5.02 Å². The van der Waals surface area contributed by atoms with Crippen LogP contribution in [0.15, 0.2) is 18.2 Å². The largest absolute Gasteiger partial charge is 0.392 e. The molecule has 1 aromatic carbocycles. The standard InChI is InChI=1S/C13H16ClFN2O2/c14-11-6-9(15)3-4-12(11)16-13(19)8-17-5-1-2-10(18)7-17/h3-4,6,10,18H,1-2,5,7-8H2,(H,16,19)/t10-/m0/s1. The predicted octanol–water partition coefficient (Wildman–Crippen LogP) is 1.87. The van der Waals surface area contributed by atoms with Crippen LogP contribution in [0, 0.1) is 5.82 Å². The van der Waals surface area contributed by atoms with E-state index in [-0.39, 0.29) is 23.6 Å². The third-order valence-electron chi connectivity index (χ3n) is 3.05. The number of benzene rings is 1. The first-order valence-electron chi connectivity index (χ1n) is 6.20. The number of carbonyl (C=O) groups excluding carboxylic acids is 1. The molecule has 1 saturated heterocycles. The van der Waals surface area contributed by atoms with Gasteiger partial charge < -0.3 is 10.4 Å². The van der Waals surface area contributed by atoms with E-state index < -0.39 is 5.82 Å². The zero-order valence-electron chi connectivity index (χ0n) is 10.4. The Labute approximate surface area is 116 Å². The van der Waals surface area contributed by atoms with Gasteiger partial charge in [0.2, 0.25) is 5.91 Å². The van der Waals surface area contributed by atoms with Gasteiger partial charge in [0, 0.05) is 6.54 Å². The number of aliphatic hydroxyl groups is 1. The van der Waals surface area contributed by atoms with E-state index in [2.05, 4.69) is 5.32 Å². The van der Waals surface area contributed by atoms with Crippen LogP contribution in [0.4, 0.5) is 10.1 Å². The number of amides is 1. The minimum absolute atomic E-state index is 0.173. The number of β-amino-alcohol motifs (C(OH)–C–C–N with tert-alkyl or cyclic N) is 1. The summed E-state index contributed by atoms with van der Waals surface area (Å²) in [5.41, 5.74) is 0.394. The van der Waals surface area contributed by atoms with Gasteiger partial charge in [-0.2, -0.15) is 0 Å². The van der Waals surface area contributed by atoms with Crippen LogP contribution >= 0.6 is 11.6 Å². The number of rotatable bonds is 3. The van der Waals surface area contributed by atoms with Crippen molar-refractivity contribution < 1.29 is 14.3 Å². The van der Waals surface area contributed by atoms with Gasteiger partial charge in [0.1, 0.15) is 5.82 Å². The summed E-state index contributed by atoms with van der Waals surface area (Å²) in [7, 11) is 0. The van der Waals surface area contributed by atoms with Crippen LogP contribution in [0.5, 0.6) is 0 Å². The monoisotopic (exact) mass is 286 g/mol. The lowest BCUT2D eigenvalue weighted by atomic mass is 10.1. The summed E-state index contributed by atoms with van der Waals surface area (Å²) in [5, 5.41) is 12.3. The maximum absolute atomic E-state index is 12.9. The molecular weight excluding hydrogens is 271 g/mol. The van der Waals surface area contributed by atoms with Gasteiger partial charge in [-0.05, 0) is 37.6 Å². The van der Waals surface area contributed by atoms with E-state index in [1.807, 2.05) is 4.90 Å². The van der Waals surface area contributed by atoms with Crippen LogP contribution in [0.25, 0.3) is 0 Å². The molecule has 0 saturated carbocycles. The second-order valence-corrected chi connectivity index (χ2v) is 5.11. The predicted molar refractivity (Wildman–Crippen MR) is 71.7 cm³/mol. The molecule has 1 aliphatic rings. The van der Waals surface area contributed by atoms with Gasteiger partial charge in [0.15, 0.2) is 0 Å². The maximum Gasteiger partial charge on any atom is 0.238 e. The van der Waals surface area contributed by atoms with E-state index in [1.165, 1.54) is 12.1 Å². The number of piperidine rings is 1. The highest BCUT2D eigenvalue weighted by molar-refractivity contribution is 6.33. The SMILES string of the molecule is O=C(CN1CCC[C@H](O)C1)Nc1ccc(F)cc1Cl. The topological polar surface area (TPSA) is 52.6 Å². The Morgan fingerprint density at radius 2 is 2.37 bits per heavy atom. The second kappa shape index (κ2) is 6.32. The number of aliphatic hydroxyl groups excluding tert-OH is 1. The Kier molecular flexibility index (Phi) is 4.74. The smallest absolute Gasteiger partial charge is 0.238 e. The minimum atomic E-state index is -0.442. The van der Waals surface area contributed by atoms with E-state index in [0.717, 1.165) is 25.5 Å². The van der Waals surface area contributed by atoms with E-state index in [9.17, 15) is 14.3 Å². The van der Waals surface area contributed by atoms with E-state index >= 15 is 0 Å². The first kappa shape index (κ1) is 14.2. The number of carbonyl (C=O) groups is 1. The molecule has 0 bridgehead atoms. The Morgan fingerprint density at radius 1 is 1.58 bits per heavy atom. The van der Waals surface area contributed by atoms with Crippen molar-refractivity contribution in [2.45, 2.75) is 18.9 Å². The summed E-state index contributed by atoms with van der Waals surface area (Å²) in [6.45, 7) is 1.50. The lowest BCUT2D eigenvalue weighted by molar-refractivity contribution is -0.118. The minimum Gasteiger partial charge on any atom is -0.392 e. The molecule has 2 rings (SSSR count). The normalized spacial score (nSPS) is 20.3. The van der Waals surface area contributed by atoms with Crippen LogP contribution in [0.1, 0.15) is 12.8 Å².